The van der Waals surface area contributed by atoms with Crippen LogP contribution in [-0.4, -0.2) is 72.5 Å². The van der Waals surface area contributed by atoms with Gasteiger partial charge in [-0.1, -0.05) is 0 Å². The number of dihydropyridines is 1. The molecule has 0 unspecified atom stereocenters. The van der Waals surface area contributed by atoms with Gasteiger partial charge in [0.25, 0.3) is 11.8 Å². The van der Waals surface area contributed by atoms with E-state index in [9.17, 15) is 32.7 Å². The highest BCUT2D eigenvalue weighted by atomic mass is 19.4. The van der Waals surface area contributed by atoms with Crippen LogP contribution in [0.5, 0.6) is 0 Å². The quantitative estimate of drug-likeness (QED) is 0.418. The smallest absolute Gasteiger partial charge is 0.431 e. The third-order valence-electron chi connectivity index (χ3n) is 5.30. The zero-order valence-electron chi connectivity index (χ0n) is 18.6. The van der Waals surface area contributed by atoms with Crippen LogP contribution in [0.2, 0.25) is 0 Å². The lowest BCUT2D eigenvalue weighted by Crippen LogP contribution is -2.56. The molecule has 0 aromatic rings. The van der Waals surface area contributed by atoms with E-state index in [0.717, 1.165) is 11.0 Å². The van der Waals surface area contributed by atoms with Gasteiger partial charge in [0.2, 0.25) is 0 Å². The number of allylic oxidation sites excluding steroid dienone is 2. The molecule has 0 bridgehead atoms. The molecule has 0 aromatic carbocycles. The number of esters is 1. The van der Waals surface area contributed by atoms with Gasteiger partial charge in [-0.3, -0.25) is 14.4 Å². The summed E-state index contributed by atoms with van der Waals surface area (Å²) in [6.45, 7) is 4.72. The van der Waals surface area contributed by atoms with E-state index in [4.69, 9.17) is 9.47 Å². The third kappa shape index (κ3) is 5.15. The predicted molar refractivity (Wildman–Crippen MR) is 108 cm³/mol. The summed E-state index contributed by atoms with van der Waals surface area (Å²) >= 11 is 0. The van der Waals surface area contributed by atoms with Crippen molar-refractivity contribution in [2.45, 2.75) is 45.1 Å². The number of ether oxygens (including phenoxy) is 2. The third-order valence-corrected chi connectivity index (χ3v) is 5.30. The highest BCUT2D eigenvalue weighted by Gasteiger charge is 2.47. The number of carbonyl (C=O) groups excluding carboxylic acids is 3. The topological polar surface area (TPSA) is 117 Å². The normalized spacial score (nSPS) is 23.8. The molecule has 0 aromatic heterocycles. The van der Waals surface area contributed by atoms with Crippen LogP contribution in [0.4, 0.5) is 13.2 Å². The van der Waals surface area contributed by atoms with Gasteiger partial charge < -0.3 is 30.1 Å². The molecule has 182 valence electrons. The molecule has 1 fully saturated rings. The minimum absolute atomic E-state index is 0.0607. The van der Waals surface area contributed by atoms with E-state index in [1.807, 2.05) is 0 Å². The first-order chi connectivity index (χ1) is 15.2. The fraction of sp³-hybridized carbons (Fsp3) is 0.571. The average molecular weight is 473 g/mol. The van der Waals surface area contributed by atoms with Crippen LogP contribution in [0.25, 0.3) is 0 Å². The number of hydrogen-bond donors (Lipinski definition) is 3. The van der Waals surface area contributed by atoms with Gasteiger partial charge >= 0.3 is 12.1 Å². The number of carbonyl (C=O) groups is 3. The SMILES string of the molecule is CN1C(=O)C(C(=O)NCC(=O)OC(C)(C)C)=C(O)C2=CC([C@@H]3CCOC3)=C(C(F)(F)F)N[C@@H]21. The second-order valence-corrected chi connectivity index (χ2v) is 8.94. The number of nitrogens with zero attached hydrogens (tertiary/aromatic N) is 1. The first-order valence-corrected chi connectivity index (χ1v) is 10.3. The molecule has 0 saturated carbocycles. The summed E-state index contributed by atoms with van der Waals surface area (Å²) in [7, 11) is 1.21. The molecule has 3 heterocycles. The lowest BCUT2D eigenvalue weighted by atomic mass is 9.87. The Morgan fingerprint density at radius 1 is 1.33 bits per heavy atom. The van der Waals surface area contributed by atoms with Gasteiger partial charge in [-0.2, -0.15) is 13.2 Å². The van der Waals surface area contributed by atoms with Gasteiger partial charge in [0.1, 0.15) is 35.3 Å². The van der Waals surface area contributed by atoms with Crippen molar-refractivity contribution in [3.8, 4) is 0 Å². The molecule has 0 aliphatic carbocycles. The fourth-order valence-corrected chi connectivity index (χ4v) is 3.83. The Kier molecular flexibility index (Phi) is 6.51. The maximum Gasteiger partial charge on any atom is 0.431 e. The van der Waals surface area contributed by atoms with Gasteiger partial charge in [-0.25, -0.2) is 0 Å². The summed E-state index contributed by atoms with van der Waals surface area (Å²) in [6.07, 6.45) is -4.55. The molecular weight excluding hydrogens is 447 g/mol. The number of amides is 2. The first kappa shape index (κ1) is 24.6. The van der Waals surface area contributed by atoms with Crippen LogP contribution in [0.15, 0.2) is 34.3 Å². The number of fused-ring (bicyclic) bond motifs is 1. The fourth-order valence-electron chi connectivity index (χ4n) is 3.83. The van der Waals surface area contributed by atoms with E-state index in [1.165, 1.54) is 7.05 Å². The van der Waals surface area contributed by atoms with Crippen LogP contribution in [0.1, 0.15) is 27.2 Å². The molecule has 9 nitrogen and oxygen atoms in total. The Hall–Kier alpha value is -3.02. The first-order valence-electron chi connectivity index (χ1n) is 10.3. The van der Waals surface area contributed by atoms with E-state index >= 15 is 0 Å². The number of aliphatic hydroxyl groups is 1. The van der Waals surface area contributed by atoms with Crippen LogP contribution in [-0.2, 0) is 23.9 Å². The number of hydrogen-bond acceptors (Lipinski definition) is 7. The van der Waals surface area contributed by atoms with Crippen molar-refractivity contribution in [3.63, 3.8) is 0 Å². The maximum atomic E-state index is 13.7. The van der Waals surface area contributed by atoms with Crippen molar-refractivity contribution in [2.24, 2.45) is 5.92 Å². The Labute approximate surface area is 188 Å². The van der Waals surface area contributed by atoms with E-state index in [2.05, 4.69) is 10.6 Å². The number of halogens is 3. The Morgan fingerprint density at radius 2 is 2.00 bits per heavy atom. The number of nitrogens with one attached hydrogen (secondary N) is 2. The molecule has 3 aliphatic rings. The number of likely N-dealkylation sites (N-methyl/N-ethyl adjacent to an activating group) is 1. The molecule has 3 N–H and O–H groups in total. The highest BCUT2D eigenvalue weighted by molar-refractivity contribution is 6.20. The van der Waals surface area contributed by atoms with E-state index in [-0.39, 0.29) is 17.8 Å². The van der Waals surface area contributed by atoms with Crippen molar-refractivity contribution in [3.05, 3.63) is 34.3 Å². The average Bonchev–Trinajstić information content (AvgIpc) is 3.22. The Bertz CT molecular complexity index is 955. The molecule has 0 spiro atoms. The molecule has 2 atom stereocenters. The number of rotatable bonds is 4. The second-order valence-electron chi connectivity index (χ2n) is 8.94. The zero-order chi connectivity index (χ0) is 24.7. The van der Waals surface area contributed by atoms with Crippen molar-refractivity contribution in [1.82, 2.24) is 15.5 Å². The zero-order valence-corrected chi connectivity index (χ0v) is 18.6. The van der Waals surface area contributed by atoms with E-state index in [1.54, 1.807) is 20.8 Å². The van der Waals surface area contributed by atoms with Crippen LogP contribution >= 0.6 is 0 Å². The van der Waals surface area contributed by atoms with Gasteiger partial charge in [-0.15, -0.1) is 0 Å². The maximum absolute atomic E-state index is 13.7. The van der Waals surface area contributed by atoms with Crippen molar-refractivity contribution < 1.29 is 42.1 Å². The van der Waals surface area contributed by atoms with Crippen LogP contribution in [0.3, 0.4) is 0 Å². The number of alkyl halides is 3. The minimum atomic E-state index is -4.73. The molecular formula is C21H26F3N3O6. The molecule has 1 saturated heterocycles. The summed E-state index contributed by atoms with van der Waals surface area (Å²) in [4.78, 5) is 38.1. The molecule has 33 heavy (non-hydrogen) atoms. The van der Waals surface area contributed by atoms with Crippen LogP contribution < -0.4 is 10.6 Å². The van der Waals surface area contributed by atoms with Crippen LogP contribution in [0, 0.1) is 5.92 Å². The summed E-state index contributed by atoms with van der Waals surface area (Å²) in [5, 5.41) is 15.3. The van der Waals surface area contributed by atoms with Gasteiger partial charge in [0.15, 0.2) is 0 Å². The van der Waals surface area contributed by atoms with Gasteiger partial charge in [-0.05, 0) is 38.8 Å². The van der Waals surface area contributed by atoms with Crippen molar-refractivity contribution >= 4 is 17.8 Å². The lowest BCUT2D eigenvalue weighted by Gasteiger charge is -2.40. The predicted octanol–water partition coefficient (Wildman–Crippen LogP) is 1.44. The van der Waals surface area contributed by atoms with E-state index in [0.29, 0.717) is 13.0 Å². The molecule has 3 aliphatic heterocycles. The Balaban J connectivity index is 1.95. The summed E-state index contributed by atoms with van der Waals surface area (Å²) in [5.41, 5.74) is -2.66. The largest absolute Gasteiger partial charge is 0.506 e. The summed E-state index contributed by atoms with van der Waals surface area (Å²) < 4.78 is 51.5. The van der Waals surface area contributed by atoms with Crippen molar-refractivity contribution in [1.29, 1.82) is 0 Å². The standard InChI is InChI=1S/C21H26F3N3O6/c1-20(2,3)33-13(28)8-25-18(30)14-15(29)12-7-11(10-5-6-32-9-10)16(21(22,23)24)26-17(12)27(4)19(14)31/h7,10,17,26,29H,5-6,8-9H2,1-4H3,(H,25,30)/t10-,17-/m1/s1. The molecule has 2 amide bonds. The minimum Gasteiger partial charge on any atom is -0.506 e. The molecule has 12 heteroatoms. The molecule has 0 radical (unpaired) electrons. The second kappa shape index (κ2) is 8.73. The van der Waals surface area contributed by atoms with E-state index < -0.39 is 65.2 Å². The van der Waals surface area contributed by atoms with Crippen molar-refractivity contribution in [2.75, 3.05) is 26.8 Å². The highest BCUT2D eigenvalue weighted by Crippen LogP contribution is 2.40. The summed E-state index contributed by atoms with van der Waals surface area (Å²) in [6, 6.07) is 0. The monoisotopic (exact) mass is 473 g/mol. The summed E-state index contributed by atoms with van der Waals surface area (Å²) in [5.74, 6) is -4.13. The molecule has 3 rings (SSSR count). The van der Waals surface area contributed by atoms with Gasteiger partial charge in [0.05, 0.1) is 6.61 Å². The van der Waals surface area contributed by atoms with Gasteiger partial charge in [0, 0.05) is 25.1 Å². The lowest BCUT2D eigenvalue weighted by molar-refractivity contribution is -0.154. The Morgan fingerprint density at radius 3 is 2.55 bits per heavy atom. The number of aliphatic hydroxyl groups excluding tert-OH is 1.